The molecule has 0 radical (unpaired) electrons. The van der Waals surface area contributed by atoms with Gasteiger partial charge < -0.3 is 20.4 Å². The molecule has 0 bridgehead atoms. The summed E-state index contributed by atoms with van der Waals surface area (Å²) in [5, 5.41) is 3.13. The van der Waals surface area contributed by atoms with Gasteiger partial charge in [0.15, 0.2) is 0 Å². The first-order chi connectivity index (χ1) is 17.5. The highest BCUT2D eigenvalue weighted by Gasteiger charge is 2.27. The number of nitrogens with one attached hydrogen (secondary N) is 1. The molecule has 3 aromatic rings. The van der Waals surface area contributed by atoms with E-state index in [1.165, 1.54) is 0 Å². The van der Waals surface area contributed by atoms with Crippen molar-refractivity contribution in [2.45, 2.75) is 65.1 Å². The summed E-state index contributed by atoms with van der Waals surface area (Å²) in [6, 6.07) is 14.2. The molecular formula is C28H36ClN5O3. The van der Waals surface area contributed by atoms with Crippen LogP contribution in [0.3, 0.4) is 0 Å². The molecule has 1 atom stereocenters. The Hall–Kier alpha value is -3.39. The number of alkyl halides is 1. The topological polar surface area (TPSA) is 112 Å². The molecule has 9 heteroatoms. The minimum atomic E-state index is -0.684. The summed E-state index contributed by atoms with van der Waals surface area (Å²) in [5.74, 6) is 0.370. The van der Waals surface area contributed by atoms with Crippen LogP contribution in [-0.2, 0) is 4.74 Å². The molecular weight excluding hydrogens is 490 g/mol. The fraction of sp³-hybridized carbons (Fsp3) is 0.429. The van der Waals surface area contributed by atoms with Crippen LogP contribution in [0.15, 0.2) is 53.5 Å². The molecule has 0 saturated carbocycles. The number of carbonyl (C=O) groups excluding carboxylic acids is 2. The van der Waals surface area contributed by atoms with Gasteiger partial charge in [-0.05, 0) is 71.7 Å². The third-order valence-electron chi connectivity index (χ3n) is 5.65. The van der Waals surface area contributed by atoms with Crippen molar-refractivity contribution in [2.75, 3.05) is 12.4 Å². The molecule has 1 amide bonds. The molecule has 0 unspecified atom stereocenters. The highest BCUT2D eigenvalue weighted by Crippen LogP contribution is 2.28. The normalized spacial score (nSPS) is 13.1. The van der Waals surface area contributed by atoms with Crippen molar-refractivity contribution in [1.82, 2.24) is 14.9 Å². The van der Waals surface area contributed by atoms with E-state index < -0.39 is 17.6 Å². The van der Waals surface area contributed by atoms with Crippen LogP contribution in [0.2, 0.25) is 0 Å². The first-order valence-electron chi connectivity index (χ1n) is 12.5. The lowest BCUT2D eigenvalue weighted by atomic mass is 10.0. The Morgan fingerprint density at radius 2 is 1.76 bits per heavy atom. The molecule has 0 fully saturated rings. The van der Waals surface area contributed by atoms with Gasteiger partial charge in [-0.15, -0.1) is 11.6 Å². The maximum atomic E-state index is 13.6. The van der Waals surface area contributed by atoms with Crippen LogP contribution in [0.1, 0.15) is 86.1 Å². The molecule has 37 heavy (non-hydrogen) atoms. The van der Waals surface area contributed by atoms with E-state index >= 15 is 0 Å². The largest absolute Gasteiger partial charge is 0.456 e. The fourth-order valence-electron chi connectivity index (χ4n) is 4.11. The van der Waals surface area contributed by atoms with Crippen molar-refractivity contribution in [1.29, 1.82) is 0 Å². The van der Waals surface area contributed by atoms with Gasteiger partial charge in [-0.1, -0.05) is 24.3 Å². The zero-order valence-electron chi connectivity index (χ0n) is 22.1. The Morgan fingerprint density at radius 1 is 1.11 bits per heavy atom. The summed E-state index contributed by atoms with van der Waals surface area (Å²) in [4.78, 5) is 35.6. The number of carbonyl (C=O) groups is 2. The molecule has 1 heterocycles. The number of nitrogens with two attached hydrogens (primary N) is 1. The number of amides is 1. The van der Waals surface area contributed by atoms with Crippen molar-refractivity contribution in [3.05, 3.63) is 65.5 Å². The fourth-order valence-corrected chi connectivity index (χ4v) is 4.19. The minimum Gasteiger partial charge on any atom is -0.456 e. The van der Waals surface area contributed by atoms with E-state index in [-0.39, 0.29) is 29.0 Å². The van der Waals surface area contributed by atoms with Crippen molar-refractivity contribution in [3.63, 3.8) is 0 Å². The minimum absolute atomic E-state index is 0.112. The van der Waals surface area contributed by atoms with Crippen molar-refractivity contribution < 1.29 is 14.3 Å². The monoisotopic (exact) mass is 525 g/mol. The van der Waals surface area contributed by atoms with E-state index in [1.54, 1.807) is 45.0 Å². The van der Waals surface area contributed by atoms with Gasteiger partial charge in [0.2, 0.25) is 0 Å². The third kappa shape index (κ3) is 7.32. The highest BCUT2D eigenvalue weighted by atomic mass is 35.5. The van der Waals surface area contributed by atoms with Gasteiger partial charge in [-0.2, -0.15) is 0 Å². The number of esters is 1. The van der Waals surface area contributed by atoms with Gasteiger partial charge in [-0.25, -0.2) is 9.78 Å². The number of aromatic nitrogens is 2. The molecule has 0 aliphatic heterocycles. The summed E-state index contributed by atoms with van der Waals surface area (Å²) >= 11 is 5.74. The summed E-state index contributed by atoms with van der Waals surface area (Å²) < 4.78 is 7.67. The van der Waals surface area contributed by atoms with Crippen LogP contribution in [0, 0.1) is 0 Å². The number of nitrogens with zero attached hydrogens (tertiary/aromatic N) is 3. The van der Waals surface area contributed by atoms with Gasteiger partial charge >= 0.3 is 5.97 Å². The number of fused-ring (bicyclic) bond motifs is 1. The number of hydrogen-bond donors (Lipinski definition) is 2. The quantitative estimate of drug-likeness (QED) is 0.121. The lowest BCUT2D eigenvalue weighted by Gasteiger charge is -2.23. The summed E-state index contributed by atoms with van der Waals surface area (Å²) in [6.07, 6.45) is 1.22. The summed E-state index contributed by atoms with van der Waals surface area (Å²) in [5.41, 5.74) is 7.37. The lowest BCUT2D eigenvalue weighted by Crippen LogP contribution is -2.33. The predicted octanol–water partition coefficient (Wildman–Crippen LogP) is 5.42. The van der Waals surface area contributed by atoms with E-state index in [0.717, 1.165) is 16.9 Å². The maximum absolute atomic E-state index is 13.6. The number of benzene rings is 2. The Morgan fingerprint density at radius 3 is 2.41 bits per heavy atom. The second kappa shape index (κ2) is 12.2. The molecule has 8 nitrogen and oxygen atoms in total. The predicted molar refractivity (Wildman–Crippen MR) is 148 cm³/mol. The molecule has 0 saturated heterocycles. The Bertz CT molecular complexity index is 1280. The molecule has 3 N–H and O–H groups in total. The molecule has 0 aliphatic carbocycles. The van der Waals surface area contributed by atoms with E-state index in [0.29, 0.717) is 25.2 Å². The number of rotatable bonds is 10. The van der Waals surface area contributed by atoms with Gasteiger partial charge in [-0.3, -0.25) is 9.79 Å². The van der Waals surface area contributed by atoms with Gasteiger partial charge in [0.05, 0.1) is 34.1 Å². The van der Waals surface area contributed by atoms with Crippen LogP contribution < -0.4 is 11.1 Å². The first kappa shape index (κ1) is 28.2. The van der Waals surface area contributed by atoms with Crippen LogP contribution in [0.4, 0.5) is 0 Å². The maximum Gasteiger partial charge on any atom is 0.339 e. The standard InChI is InChI=1S/C28H36ClN5O3/c1-18(2)34-23-15-9-8-13-21(23)32-25(34)22(14-10-16-31-24(30)17-29)33-26(35)19-11-6-7-12-20(19)27(36)37-28(3,4)5/h6-9,11-13,15,18,22H,10,14,16-17H2,1-5H3,(H2,30,31)(H,33,35)/t22-/m0/s1. The molecule has 198 valence electrons. The number of aliphatic imine (C=N–C) groups is 1. The van der Waals surface area contributed by atoms with Crippen LogP contribution in [-0.4, -0.2) is 45.3 Å². The molecule has 1 aromatic heterocycles. The zero-order chi connectivity index (χ0) is 27.2. The zero-order valence-corrected chi connectivity index (χ0v) is 22.9. The van der Waals surface area contributed by atoms with E-state index in [4.69, 9.17) is 27.1 Å². The highest BCUT2D eigenvalue weighted by molar-refractivity contribution is 6.27. The number of imidazole rings is 1. The Balaban J connectivity index is 1.97. The smallest absolute Gasteiger partial charge is 0.339 e. The molecule has 2 aromatic carbocycles. The van der Waals surface area contributed by atoms with Crippen LogP contribution in [0.25, 0.3) is 11.0 Å². The van der Waals surface area contributed by atoms with E-state index in [9.17, 15) is 9.59 Å². The van der Waals surface area contributed by atoms with Gasteiger partial charge in [0.25, 0.3) is 5.91 Å². The second-order valence-corrected chi connectivity index (χ2v) is 10.4. The molecule has 3 rings (SSSR count). The molecule has 0 spiro atoms. The number of hydrogen-bond acceptors (Lipinski definition) is 5. The number of amidine groups is 1. The number of para-hydroxylation sites is 2. The van der Waals surface area contributed by atoms with Crippen LogP contribution in [0.5, 0.6) is 0 Å². The lowest BCUT2D eigenvalue weighted by molar-refractivity contribution is 0.00674. The Kier molecular flexibility index (Phi) is 9.32. The number of halogens is 1. The summed E-state index contributed by atoms with van der Waals surface area (Å²) in [7, 11) is 0. The van der Waals surface area contributed by atoms with Crippen LogP contribution >= 0.6 is 11.6 Å². The van der Waals surface area contributed by atoms with E-state index in [2.05, 4.69) is 28.7 Å². The first-order valence-corrected chi connectivity index (χ1v) is 13.0. The second-order valence-electron chi connectivity index (χ2n) is 10.1. The van der Waals surface area contributed by atoms with Gasteiger partial charge in [0, 0.05) is 12.6 Å². The van der Waals surface area contributed by atoms with Crippen molar-refractivity contribution in [2.24, 2.45) is 10.7 Å². The molecule has 0 aliphatic rings. The summed E-state index contributed by atoms with van der Waals surface area (Å²) in [6.45, 7) is 10.0. The van der Waals surface area contributed by atoms with E-state index in [1.807, 2.05) is 24.3 Å². The van der Waals surface area contributed by atoms with Crippen molar-refractivity contribution >= 4 is 40.3 Å². The Labute approximate surface area is 223 Å². The number of ether oxygens (including phenoxy) is 1. The average Bonchev–Trinajstić information content (AvgIpc) is 3.24. The van der Waals surface area contributed by atoms with Gasteiger partial charge in [0.1, 0.15) is 17.3 Å². The SMILES string of the molecule is CC(C)n1c([C@H](CCCN=C(N)CCl)NC(=O)c2ccccc2C(=O)OC(C)(C)C)nc2ccccc21. The average molecular weight is 526 g/mol. The van der Waals surface area contributed by atoms with Crippen molar-refractivity contribution in [3.8, 4) is 0 Å². The third-order valence-corrected chi connectivity index (χ3v) is 5.92.